The lowest BCUT2D eigenvalue weighted by atomic mass is 10.6. The van der Waals surface area contributed by atoms with Gasteiger partial charge in [-0.05, 0) is 0 Å². The van der Waals surface area contributed by atoms with E-state index in [0.29, 0.717) is 5.69 Å². The molecule has 7 nitrogen and oxygen atoms in total. The van der Waals surface area contributed by atoms with Crippen molar-refractivity contribution >= 4 is 23.5 Å². The van der Waals surface area contributed by atoms with Crippen LogP contribution in [0.15, 0.2) is 17.4 Å². The highest BCUT2D eigenvalue weighted by molar-refractivity contribution is 6.45. The average Bonchev–Trinajstić information content (AvgIpc) is 2.62. The van der Waals surface area contributed by atoms with E-state index >= 15 is 0 Å². The molecule has 2 rings (SSSR count). The lowest BCUT2D eigenvalue weighted by Gasteiger charge is -1.92. The van der Waals surface area contributed by atoms with E-state index in [1.54, 1.807) is 17.9 Å². The van der Waals surface area contributed by atoms with Crippen LogP contribution in [0.2, 0.25) is 0 Å². The normalized spacial score (nSPS) is 15.4. The van der Waals surface area contributed by atoms with Crippen LogP contribution >= 0.6 is 0 Å². The quantitative estimate of drug-likeness (QED) is 0.540. The number of hydrogen-bond acceptors (Lipinski definition) is 4. The number of hydrogen-bond donors (Lipinski definition) is 2. The van der Waals surface area contributed by atoms with Crippen molar-refractivity contribution in [2.45, 2.75) is 0 Å². The number of aliphatic imine (C=N–C) groups is 1. The van der Waals surface area contributed by atoms with Crippen LogP contribution in [-0.4, -0.2) is 27.6 Å². The first-order valence-corrected chi connectivity index (χ1v) is 3.85. The standard InChI is InChI=1S/C7H7N5O2/c1-12-3-4(2-8-12)9-7-10-5(13)6(14)11-7/h2-3H,1H3,(H2,9,10,11,13,14). The van der Waals surface area contributed by atoms with E-state index in [1.807, 2.05) is 0 Å². The van der Waals surface area contributed by atoms with Gasteiger partial charge in [0.15, 0.2) is 0 Å². The summed E-state index contributed by atoms with van der Waals surface area (Å²) in [5.74, 6) is -1.27. The topological polar surface area (TPSA) is 88.4 Å². The summed E-state index contributed by atoms with van der Waals surface area (Å²) < 4.78 is 1.57. The molecule has 1 aliphatic rings. The highest BCUT2D eigenvalue weighted by Gasteiger charge is 2.25. The summed E-state index contributed by atoms with van der Waals surface area (Å²) in [4.78, 5) is 25.5. The summed E-state index contributed by atoms with van der Waals surface area (Å²) in [6.45, 7) is 0. The van der Waals surface area contributed by atoms with Gasteiger partial charge in [-0.1, -0.05) is 0 Å². The minimum Gasteiger partial charge on any atom is -0.288 e. The van der Waals surface area contributed by atoms with Gasteiger partial charge in [0.05, 0.1) is 12.4 Å². The molecule has 14 heavy (non-hydrogen) atoms. The molecule has 0 atom stereocenters. The van der Waals surface area contributed by atoms with Gasteiger partial charge in [-0.2, -0.15) is 5.10 Å². The Morgan fingerprint density at radius 2 is 2.00 bits per heavy atom. The largest absolute Gasteiger partial charge is 0.316 e. The minimum absolute atomic E-state index is 0.132. The zero-order valence-electron chi connectivity index (χ0n) is 7.31. The van der Waals surface area contributed by atoms with Crippen LogP contribution in [0.1, 0.15) is 0 Å². The summed E-state index contributed by atoms with van der Waals surface area (Å²) in [5.41, 5.74) is 0.560. The number of rotatable bonds is 1. The highest BCUT2D eigenvalue weighted by atomic mass is 16.2. The van der Waals surface area contributed by atoms with E-state index in [-0.39, 0.29) is 5.96 Å². The van der Waals surface area contributed by atoms with Crippen molar-refractivity contribution < 1.29 is 9.59 Å². The molecular weight excluding hydrogens is 186 g/mol. The summed E-state index contributed by atoms with van der Waals surface area (Å²) >= 11 is 0. The predicted molar refractivity (Wildman–Crippen MR) is 46.6 cm³/mol. The van der Waals surface area contributed by atoms with Gasteiger partial charge in [0.25, 0.3) is 0 Å². The predicted octanol–water partition coefficient (Wildman–Crippen LogP) is -1.35. The van der Waals surface area contributed by atoms with Gasteiger partial charge in [0, 0.05) is 7.05 Å². The SMILES string of the molecule is Cn1cc(N=C2NC(=O)C(=O)N2)cn1. The Labute approximate surface area is 78.8 Å². The van der Waals surface area contributed by atoms with Crippen LogP contribution in [0.5, 0.6) is 0 Å². The van der Waals surface area contributed by atoms with Crippen molar-refractivity contribution in [3.63, 3.8) is 0 Å². The fourth-order valence-electron chi connectivity index (χ4n) is 1.01. The number of guanidine groups is 1. The van der Waals surface area contributed by atoms with E-state index in [1.165, 1.54) is 6.20 Å². The lowest BCUT2D eigenvalue weighted by Crippen LogP contribution is -2.24. The Morgan fingerprint density at radius 1 is 1.36 bits per heavy atom. The molecule has 1 aliphatic heterocycles. The molecule has 0 spiro atoms. The van der Waals surface area contributed by atoms with Crippen LogP contribution in [0.25, 0.3) is 0 Å². The number of nitrogens with zero attached hydrogens (tertiary/aromatic N) is 3. The molecule has 1 aromatic rings. The first-order valence-electron chi connectivity index (χ1n) is 3.85. The van der Waals surface area contributed by atoms with E-state index in [2.05, 4.69) is 20.7 Å². The molecular formula is C7H7N5O2. The zero-order valence-corrected chi connectivity index (χ0v) is 7.31. The summed E-state index contributed by atoms with van der Waals surface area (Å²) in [6, 6.07) is 0. The van der Waals surface area contributed by atoms with Crippen LogP contribution in [0.3, 0.4) is 0 Å². The maximum atomic E-state index is 10.8. The van der Waals surface area contributed by atoms with Gasteiger partial charge in [-0.15, -0.1) is 0 Å². The number of carbonyl (C=O) groups is 2. The zero-order chi connectivity index (χ0) is 10.1. The molecule has 72 valence electrons. The average molecular weight is 193 g/mol. The smallest absolute Gasteiger partial charge is 0.288 e. The number of amides is 2. The maximum Gasteiger partial charge on any atom is 0.316 e. The first-order chi connectivity index (χ1) is 6.65. The second kappa shape index (κ2) is 2.95. The lowest BCUT2D eigenvalue weighted by molar-refractivity contribution is -0.135. The number of aromatic nitrogens is 2. The van der Waals surface area contributed by atoms with Crippen molar-refractivity contribution in [1.29, 1.82) is 0 Å². The van der Waals surface area contributed by atoms with Crippen LogP contribution in [0, 0.1) is 0 Å². The van der Waals surface area contributed by atoms with Crippen molar-refractivity contribution in [1.82, 2.24) is 20.4 Å². The maximum absolute atomic E-state index is 10.8. The molecule has 0 aliphatic carbocycles. The van der Waals surface area contributed by atoms with E-state index in [0.717, 1.165) is 0 Å². The van der Waals surface area contributed by atoms with Crippen molar-refractivity contribution in [3.8, 4) is 0 Å². The number of nitrogens with one attached hydrogen (secondary N) is 2. The molecule has 0 radical (unpaired) electrons. The van der Waals surface area contributed by atoms with E-state index in [9.17, 15) is 9.59 Å². The minimum atomic E-state index is -0.701. The summed E-state index contributed by atoms with van der Waals surface area (Å²) in [7, 11) is 1.75. The van der Waals surface area contributed by atoms with E-state index < -0.39 is 11.8 Å². The number of aryl methyl sites for hydroxylation is 1. The molecule has 2 heterocycles. The Balaban J connectivity index is 2.21. The number of carbonyl (C=O) groups excluding carboxylic acids is 2. The third-order valence-electron chi connectivity index (χ3n) is 1.60. The van der Waals surface area contributed by atoms with Gasteiger partial charge < -0.3 is 0 Å². The highest BCUT2D eigenvalue weighted by Crippen LogP contribution is 2.08. The molecule has 7 heteroatoms. The Hall–Kier alpha value is -2.18. The Kier molecular flexibility index (Phi) is 1.77. The molecule has 1 aromatic heterocycles. The van der Waals surface area contributed by atoms with Gasteiger partial charge in [-0.3, -0.25) is 24.9 Å². The summed E-state index contributed by atoms with van der Waals surface area (Å²) in [5, 5.41) is 8.43. The monoisotopic (exact) mass is 193 g/mol. The first kappa shape index (κ1) is 8.42. The van der Waals surface area contributed by atoms with Gasteiger partial charge >= 0.3 is 11.8 Å². The van der Waals surface area contributed by atoms with Crippen molar-refractivity contribution in [2.75, 3.05) is 0 Å². The van der Waals surface area contributed by atoms with Crippen molar-refractivity contribution in [3.05, 3.63) is 12.4 Å². The molecule has 2 amide bonds. The second-order valence-electron chi connectivity index (χ2n) is 2.74. The molecule has 2 N–H and O–H groups in total. The molecule has 0 aromatic carbocycles. The summed E-state index contributed by atoms with van der Waals surface area (Å²) in [6.07, 6.45) is 3.17. The fourth-order valence-corrected chi connectivity index (χ4v) is 1.01. The van der Waals surface area contributed by atoms with Crippen LogP contribution in [-0.2, 0) is 16.6 Å². The van der Waals surface area contributed by atoms with E-state index in [4.69, 9.17) is 0 Å². The third-order valence-corrected chi connectivity index (χ3v) is 1.60. The van der Waals surface area contributed by atoms with Crippen molar-refractivity contribution in [2.24, 2.45) is 12.0 Å². The molecule has 1 saturated heterocycles. The molecule has 1 fully saturated rings. The Morgan fingerprint density at radius 3 is 2.50 bits per heavy atom. The second-order valence-corrected chi connectivity index (χ2v) is 2.74. The third kappa shape index (κ3) is 1.47. The molecule has 0 bridgehead atoms. The molecule has 0 saturated carbocycles. The van der Waals surface area contributed by atoms with Gasteiger partial charge in [-0.25, -0.2) is 4.99 Å². The van der Waals surface area contributed by atoms with Gasteiger partial charge in [0.2, 0.25) is 5.96 Å². The molecule has 0 unspecified atom stereocenters. The van der Waals surface area contributed by atoms with Gasteiger partial charge in [0.1, 0.15) is 5.69 Å². The van der Waals surface area contributed by atoms with Crippen LogP contribution < -0.4 is 10.6 Å². The Bertz CT molecular complexity index is 415. The fraction of sp³-hybridized carbons (Fsp3) is 0.143. The van der Waals surface area contributed by atoms with Crippen LogP contribution in [0.4, 0.5) is 5.69 Å².